The lowest BCUT2D eigenvalue weighted by atomic mass is 10.2. The van der Waals surface area contributed by atoms with Gasteiger partial charge in [-0.2, -0.15) is 35.5 Å². The van der Waals surface area contributed by atoms with Crippen LogP contribution in [0, 0.1) is 0 Å². The normalized spacial score (nSPS) is 12.2. The highest BCUT2D eigenvalue weighted by atomic mass is 32.2. The minimum absolute atomic E-state index is 0.161. The fraction of sp³-hybridized carbons (Fsp3) is 0.189. The number of benzene rings is 4. The molecule has 0 atom stereocenters. The van der Waals surface area contributed by atoms with Crippen molar-refractivity contribution < 1.29 is 35.5 Å². The quantitative estimate of drug-likeness (QED) is 0.0808. The molecule has 47 heavy (non-hydrogen) atoms. The molecule has 0 fully saturated rings. The summed E-state index contributed by atoms with van der Waals surface area (Å²) in [6.45, 7) is 1.37. The Morgan fingerprint density at radius 2 is 0.851 bits per heavy atom. The Morgan fingerprint density at radius 1 is 0.468 bits per heavy atom. The van der Waals surface area contributed by atoms with E-state index in [-0.39, 0.29) is 9.79 Å². The standard InChI is InChI=1S/C37H30F6N2S2/c38-36(39,40)30-14-4-8-18-34(30)46-28-22-26-12-2-6-16-32(26)44(24-28)20-10-1-11-21-45-25-29(23-27-13-3-7-17-33(27)45)47-35-19-9-5-15-31(35)37(41,42)43/h2-9,12-19,22-25H,1,10-11,20-21H2/q+2. The van der Waals surface area contributed by atoms with Crippen LogP contribution in [0.15, 0.2) is 141 Å². The number of aryl methyl sites for hydroxylation is 2. The first-order chi connectivity index (χ1) is 22.6. The van der Waals surface area contributed by atoms with Crippen LogP contribution < -0.4 is 9.13 Å². The Hall–Kier alpha value is -4.02. The van der Waals surface area contributed by atoms with Crippen molar-refractivity contribution in [2.24, 2.45) is 0 Å². The van der Waals surface area contributed by atoms with Crippen molar-refractivity contribution in [3.8, 4) is 0 Å². The minimum Gasteiger partial charge on any atom is -0.197 e. The van der Waals surface area contributed by atoms with E-state index in [0.717, 1.165) is 86.5 Å². The molecule has 0 aliphatic rings. The van der Waals surface area contributed by atoms with Gasteiger partial charge in [-0.25, -0.2) is 0 Å². The van der Waals surface area contributed by atoms with E-state index in [1.807, 2.05) is 73.1 Å². The van der Waals surface area contributed by atoms with Gasteiger partial charge in [0.05, 0.1) is 20.9 Å². The number of hydrogen-bond acceptors (Lipinski definition) is 2. The number of hydrogen-bond donors (Lipinski definition) is 0. The van der Waals surface area contributed by atoms with E-state index in [1.54, 1.807) is 12.1 Å². The Morgan fingerprint density at radius 3 is 1.28 bits per heavy atom. The molecule has 4 aromatic carbocycles. The first kappa shape index (κ1) is 32.9. The molecule has 0 bridgehead atoms. The van der Waals surface area contributed by atoms with E-state index < -0.39 is 23.5 Å². The highest BCUT2D eigenvalue weighted by Crippen LogP contribution is 2.41. The van der Waals surface area contributed by atoms with E-state index in [0.29, 0.717) is 13.1 Å². The van der Waals surface area contributed by atoms with Crippen LogP contribution in [0.3, 0.4) is 0 Å². The van der Waals surface area contributed by atoms with Crippen LogP contribution >= 0.6 is 23.5 Å². The van der Waals surface area contributed by atoms with Crippen LogP contribution in [0.25, 0.3) is 21.8 Å². The molecular weight excluding hydrogens is 651 g/mol. The van der Waals surface area contributed by atoms with Crippen molar-refractivity contribution in [3.63, 3.8) is 0 Å². The number of halogens is 6. The fourth-order valence-electron chi connectivity index (χ4n) is 5.63. The van der Waals surface area contributed by atoms with Gasteiger partial charge in [0.2, 0.25) is 11.0 Å². The molecule has 0 N–H and O–H groups in total. The Kier molecular flexibility index (Phi) is 9.80. The molecule has 0 aliphatic heterocycles. The van der Waals surface area contributed by atoms with Crippen LogP contribution in [0.2, 0.25) is 0 Å². The summed E-state index contributed by atoms with van der Waals surface area (Å²) in [5.41, 5.74) is 0.707. The number of para-hydroxylation sites is 2. The van der Waals surface area contributed by atoms with Crippen molar-refractivity contribution in [1.29, 1.82) is 0 Å². The molecule has 0 spiro atoms. The Bertz CT molecular complexity index is 1880. The summed E-state index contributed by atoms with van der Waals surface area (Å²) in [5, 5.41) is 1.90. The van der Waals surface area contributed by atoms with Crippen LogP contribution in [0.5, 0.6) is 0 Å². The van der Waals surface area contributed by atoms with Gasteiger partial charge in [-0.1, -0.05) is 72.1 Å². The first-order valence-corrected chi connectivity index (χ1v) is 16.7. The second-order valence-electron chi connectivity index (χ2n) is 11.1. The van der Waals surface area contributed by atoms with Gasteiger partial charge in [0.15, 0.2) is 12.4 Å². The highest BCUT2D eigenvalue weighted by Gasteiger charge is 2.34. The molecule has 0 amide bonds. The van der Waals surface area contributed by atoms with Gasteiger partial charge in [-0.15, -0.1) is 0 Å². The maximum Gasteiger partial charge on any atom is 0.417 e. The average Bonchev–Trinajstić information content (AvgIpc) is 3.04. The largest absolute Gasteiger partial charge is 0.417 e. The predicted octanol–water partition coefficient (Wildman–Crippen LogP) is 10.8. The lowest BCUT2D eigenvalue weighted by Gasteiger charge is -2.12. The van der Waals surface area contributed by atoms with Crippen LogP contribution in [-0.2, 0) is 25.4 Å². The van der Waals surface area contributed by atoms with E-state index >= 15 is 0 Å². The minimum atomic E-state index is -4.44. The molecule has 0 aliphatic carbocycles. The number of pyridine rings is 2. The highest BCUT2D eigenvalue weighted by molar-refractivity contribution is 7.99. The van der Waals surface area contributed by atoms with Crippen molar-refractivity contribution in [2.75, 3.05) is 0 Å². The molecule has 240 valence electrons. The number of aromatic nitrogens is 2. The summed E-state index contributed by atoms with van der Waals surface area (Å²) in [4.78, 5) is 1.77. The summed E-state index contributed by atoms with van der Waals surface area (Å²) in [5.74, 6) is 0. The van der Waals surface area contributed by atoms with Gasteiger partial charge < -0.3 is 0 Å². The van der Waals surface area contributed by atoms with Gasteiger partial charge >= 0.3 is 12.4 Å². The Labute approximate surface area is 277 Å². The average molecular weight is 681 g/mol. The summed E-state index contributed by atoms with van der Waals surface area (Å²) >= 11 is 2.22. The molecule has 0 saturated heterocycles. The lowest BCUT2D eigenvalue weighted by molar-refractivity contribution is -0.677. The third-order valence-electron chi connectivity index (χ3n) is 7.79. The summed E-state index contributed by atoms with van der Waals surface area (Å²) in [6, 6.07) is 30.8. The van der Waals surface area contributed by atoms with Gasteiger partial charge in [0.1, 0.15) is 13.1 Å². The van der Waals surface area contributed by atoms with Gasteiger partial charge in [-0.3, -0.25) is 0 Å². The number of fused-ring (bicyclic) bond motifs is 2. The van der Waals surface area contributed by atoms with Crippen molar-refractivity contribution in [3.05, 3.63) is 133 Å². The fourth-order valence-corrected chi connectivity index (χ4v) is 7.75. The molecule has 6 rings (SSSR count). The monoisotopic (exact) mass is 680 g/mol. The van der Waals surface area contributed by atoms with E-state index in [1.165, 1.54) is 24.3 Å². The summed E-state index contributed by atoms with van der Waals surface area (Å²) in [7, 11) is 0. The molecular formula is C37H30F6N2S2+2. The predicted molar refractivity (Wildman–Crippen MR) is 173 cm³/mol. The maximum atomic E-state index is 13.6. The zero-order chi connectivity index (χ0) is 33.0. The summed E-state index contributed by atoms with van der Waals surface area (Å²) in [6.07, 6.45) is -2.48. The lowest BCUT2D eigenvalue weighted by Crippen LogP contribution is -2.36. The van der Waals surface area contributed by atoms with E-state index in [9.17, 15) is 26.3 Å². The third kappa shape index (κ3) is 7.93. The van der Waals surface area contributed by atoms with Gasteiger partial charge in [-0.05, 0) is 55.0 Å². The zero-order valence-electron chi connectivity index (χ0n) is 25.1. The second kappa shape index (κ2) is 14.0. The van der Waals surface area contributed by atoms with Crippen molar-refractivity contribution in [2.45, 2.75) is 64.3 Å². The topological polar surface area (TPSA) is 7.76 Å². The van der Waals surface area contributed by atoms with Gasteiger partial charge in [0.25, 0.3) is 0 Å². The molecule has 2 nitrogen and oxygen atoms in total. The third-order valence-corrected chi connectivity index (χ3v) is 9.86. The maximum absolute atomic E-state index is 13.6. The molecule has 6 aromatic rings. The molecule has 2 heterocycles. The first-order valence-electron chi connectivity index (χ1n) is 15.1. The molecule has 10 heteroatoms. The van der Waals surface area contributed by atoms with Crippen molar-refractivity contribution >= 4 is 45.3 Å². The Balaban J connectivity index is 1.16. The van der Waals surface area contributed by atoms with Crippen LogP contribution in [0.1, 0.15) is 30.4 Å². The number of unbranched alkanes of at least 4 members (excludes halogenated alkanes) is 2. The summed E-state index contributed by atoms with van der Waals surface area (Å²) < 4.78 is 86.1. The zero-order valence-corrected chi connectivity index (χ0v) is 26.7. The number of alkyl halides is 6. The second-order valence-corrected chi connectivity index (χ2v) is 13.3. The number of rotatable bonds is 10. The number of nitrogens with zero attached hydrogens (tertiary/aromatic N) is 2. The molecule has 0 saturated carbocycles. The molecule has 2 aromatic heterocycles. The van der Waals surface area contributed by atoms with Crippen LogP contribution in [0.4, 0.5) is 26.3 Å². The van der Waals surface area contributed by atoms with E-state index in [4.69, 9.17) is 0 Å². The van der Waals surface area contributed by atoms with Gasteiger partial charge in [0, 0.05) is 45.5 Å². The smallest absolute Gasteiger partial charge is 0.197 e. The van der Waals surface area contributed by atoms with Crippen molar-refractivity contribution in [1.82, 2.24) is 0 Å². The molecule has 0 radical (unpaired) electrons. The van der Waals surface area contributed by atoms with Crippen LogP contribution in [-0.4, -0.2) is 0 Å². The SMILES string of the molecule is FC(F)(F)c1ccccc1Sc1cc2ccccc2[n+](CCCCC[n+]2cc(Sc3ccccc3C(F)(F)F)cc3ccccc32)c1. The van der Waals surface area contributed by atoms with E-state index in [2.05, 4.69) is 9.13 Å². The molecule has 0 unspecified atom stereocenters.